The van der Waals surface area contributed by atoms with Gasteiger partial charge in [-0.2, -0.15) is 0 Å². The first-order valence-electron chi connectivity index (χ1n) is 12.9. The van der Waals surface area contributed by atoms with E-state index in [-0.39, 0.29) is 54.7 Å². The molecular formula is C28H30FN3O5. The summed E-state index contributed by atoms with van der Waals surface area (Å²) < 4.78 is 21.4. The van der Waals surface area contributed by atoms with Crippen LogP contribution < -0.4 is 5.56 Å². The molecule has 8 nitrogen and oxygen atoms in total. The molecule has 37 heavy (non-hydrogen) atoms. The molecule has 2 atom stereocenters. The Kier molecular flexibility index (Phi) is 5.70. The number of esters is 1. The molecule has 9 heteroatoms. The Morgan fingerprint density at radius 1 is 1.22 bits per heavy atom. The Morgan fingerprint density at radius 3 is 2.78 bits per heavy atom. The largest absolute Gasteiger partial charge is 0.458 e. The number of aliphatic hydroxyl groups is 2. The summed E-state index contributed by atoms with van der Waals surface area (Å²) >= 11 is 0. The van der Waals surface area contributed by atoms with Gasteiger partial charge < -0.3 is 19.5 Å². The van der Waals surface area contributed by atoms with E-state index in [4.69, 9.17) is 9.72 Å². The third-order valence-corrected chi connectivity index (χ3v) is 8.41. The molecule has 0 aliphatic carbocycles. The van der Waals surface area contributed by atoms with Crippen LogP contribution in [-0.2, 0) is 34.8 Å². The highest BCUT2D eigenvalue weighted by Crippen LogP contribution is 2.41. The summed E-state index contributed by atoms with van der Waals surface area (Å²) in [7, 11) is 0. The van der Waals surface area contributed by atoms with E-state index in [9.17, 15) is 24.2 Å². The lowest BCUT2D eigenvalue weighted by Gasteiger charge is -2.35. The molecule has 2 N–H and O–H groups in total. The Morgan fingerprint density at radius 2 is 2.03 bits per heavy atom. The number of halogens is 1. The van der Waals surface area contributed by atoms with Crippen LogP contribution in [0.5, 0.6) is 0 Å². The van der Waals surface area contributed by atoms with Crippen molar-refractivity contribution in [1.82, 2.24) is 14.5 Å². The quantitative estimate of drug-likeness (QED) is 0.409. The molecule has 2 aromatic heterocycles. The third kappa shape index (κ3) is 3.55. The molecule has 3 aromatic rings. The zero-order valence-electron chi connectivity index (χ0n) is 21.0. The van der Waals surface area contributed by atoms with E-state index in [0.29, 0.717) is 29.0 Å². The molecule has 5 heterocycles. The number of fused-ring (bicyclic) bond motifs is 5. The third-order valence-electron chi connectivity index (χ3n) is 8.41. The van der Waals surface area contributed by atoms with Gasteiger partial charge in [-0.05, 0) is 56.0 Å². The van der Waals surface area contributed by atoms with Crippen LogP contribution in [0.3, 0.4) is 0 Å². The number of ether oxygens (including phenoxy) is 1. The van der Waals surface area contributed by atoms with Crippen molar-refractivity contribution in [2.75, 3.05) is 13.2 Å². The minimum Gasteiger partial charge on any atom is -0.458 e. The lowest BCUT2D eigenvalue weighted by atomic mass is 9.86. The SMILES string of the molecule is CC[C@@]1(O)C(=O)OCc2c1cc1n(c2=O)Cc2c-1nc1cc(F)c(C)cc1c2CN1CCCCC1CO. The van der Waals surface area contributed by atoms with E-state index in [1.165, 1.54) is 6.07 Å². The van der Waals surface area contributed by atoms with E-state index in [2.05, 4.69) is 4.90 Å². The van der Waals surface area contributed by atoms with Crippen LogP contribution >= 0.6 is 0 Å². The maximum Gasteiger partial charge on any atom is 0.343 e. The summed E-state index contributed by atoms with van der Waals surface area (Å²) in [6, 6.07) is 4.95. The second-order valence-electron chi connectivity index (χ2n) is 10.4. The number of carbonyl (C=O) groups excluding carboxylic acids is 1. The average Bonchev–Trinajstić information content (AvgIpc) is 3.26. The first-order chi connectivity index (χ1) is 17.8. The smallest absolute Gasteiger partial charge is 0.343 e. The number of cyclic esters (lactones) is 1. The number of carbonyl (C=O) groups is 1. The van der Waals surface area contributed by atoms with Gasteiger partial charge in [0, 0.05) is 35.2 Å². The second-order valence-corrected chi connectivity index (χ2v) is 10.4. The highest BCUT2D eigenvalue weighted by molar-refractivity contribution is 5.89. The summed E-state index contributed by atoms with van der Waals surface area (Å²) in [4.78, 5) is 33.2. The first kappa shape index (κ1) is 24.2. The van der Waals surface area contributed by atoms with Gasteiger partial charge in [-0.3, -0.25) is 9.69 Å². The van der Waals surface area contributed by atoms with Crippen molar-refractivity contribution in [3.8, 4) is 11.4 Å². The maximum absolute atomic E-state index is 14.7. The minimum absolute atomic E-state index is 0.0377. The number of benzene rings is 1. The van der Waals surface area contributed by atoms with Gasteiger partial charge in [0.15, 0.2) is 5.60 Å². The molecular weight excluding hydrogens is 477 g/mol. The van der Waals surface area contributed by atoms with Gasteiger partial charge in [0.1, 0.15) is 12.4 Å². The average molecular weight is 508 g/mol. The summed E-state index contributed by atoms with van der Waals surface area (Å²) in [6.45, 7) is 4.93. The number of rotatable bonds is 4. The lowest BCUT2D eigenvalue weighted by molar-refractivity contribution is -0.172. The standard InChI is InChI=1S/C28H30FN3O5/c1-3-28(36)21-9-24-25-19(12-32(24)26(34)20(21)14-37-27(28)35)18(11-31-7-5-4-6-16(31)13-33)17-8-15(2)22(29)10-23(17)30-25/h8-10,16,33,36H,3-7,11-14H2,1-2H3/t16?,28-/m0/s1. The Labute approximate surface area is 213 Å². The van der Waals surface area contributed by atoms with Gasteiger partial charge in [-0.25, -0.2) is 14.2 Å². The van der Waals surface area contributed by atoms with Gasteiger partial charge in [-0.1, -0.05) is 13.3 Å². The van der Waals surface area contributed by atoms with E-state index >= 15 is 0 Å². The van der Waals surface area contributed by atoms with E-state index < -0.39 is 11.6 Å². The monoisotopic (exact) mass is 507 g/mol. The van der Waals surface area contributed by atoms with Gasteiger partial charge in [0.25, 0.3) is 5.56 Å². The zero-order valence-corrected chi connectivity index (χ0v) is 21.0. The lowest BCUT2D eigenvalue weighted by Crippen LogP contribution is -2.44. The molecule has 3 aliphatic heterocycles. The fourth-order valence-corrected chi connectivity index (χ4v) is 6.15. The van der Waals surface area contributed by atoms with Crippen molar-refractivity contribution in [1.29, 1.82) is 0 Å². The summed E-state index contributed by atoms with van der Waals surface area (Å²) in [6.07, 6.45) is 3.07. The van der Waals surface area contributed by atoms with Crippen LogP contribution in [0, 0.1) is 12.7 Å². The maximum atomic E-state index is 14.7. The van der Waals surface area contributed by atoms with Crippen LogP contribution in [-0.4, -0.2) is 49.8 Å². The number of piperidine rings is 1. The normalized spacial score (nSPS) is 23.1. The number of likely N-dealkylation sites (tertiary alicyclic amines) is 1. The number of aromatic nitrogens is 2. The molecule has 1 fully saturated rings. The summed E-state index contributed by atoms with van der Waals surface area (Å²) in [5.41, 5.74) is 2.18. The fourth-order valence-electron chi connectivity index (χ4n) is 6.15. The highest BCUT2D eigenvalue weighted by atomic mass is 19.1. The van der Waals surface area contributed by atoms with Crippen molar-refractivity contribution in [2.45, 2.75) is 70.9 Å². The molecule has 1 unspecified atom stereocenters. The molecule has 0 saturated carbocycles. The highest BCUT2D eigenvalue weighted by Gasteiger charge is 2.45. The van der Waals surface area contributed by atoms with E-state index in [1.54, 1.807) is 24.5 Å². The van der Waals surface area contributed by atoms with Crippen LogP contribution in [0.1, 0.15) is 60.4 Å². The van der Waals surface area contributed by atoms with Crippen molar-refractivity contribution < 1.29 is 24.1 Å². The number of aryl methyl sites for hydroxylation is 1. The van der Waals surface area contributed by atoms with Crippen LogP contribution in [0.2, 0.25) is 0 Å². The van der Waals surface area contributed by atoms with Gasteiger partial charge in [0.2, 0.25) is 0 Å². The van der Waals surface area contributed by atoms with Crippen molar-refractivity contribution in [2.24, 2.45) is 0 Å². The minimum atomic E-state index is -1.91. The number of aliphatic hydroxyl groups excluding tert-OH is 1. The Balaban J connectivity index is 1.59. The van der Waals surface area contributed by atoms with E-state index in [0.717, 1.165) is 42.3 Å². The number of hydrogen-bond acceptors (Lipinski definition) is 7. The van der Waals surface area contributed by atoms with Crippen molar-refractivity contribution >= 4 is 16.9 Å². The predicted molar refractivity (Wildman–Crippen MR) is 134 cm³/mol. The topological polar surface area (TPSA) is 105 Å². The van der Waals surface area contributed by atoms with Crippen LogP contribution in [0.15, 0.2) is 23.0 Å². The van der Waals surface area contributed by atoms with Crippen molar-refractivity contribution in [3.63, 3.8) is 0 Å². The van der Waals surface area contributed by atoms with Gasteiger partial charge >= 0.3 is 5.97 Å². The predicted octanol–water partition coefficient (Wildman–Crippen LogP) is 2.87. The van der Waals surface area contributed by atoms with Crippen LogP contribution in [0.4, 0.5) is 4.39 Å². The van der Waals surface area contributed by atoms with Crippen molar-refractivity contribution in [3.05, 3.63) is 62.2 Å². The molecule has 6 rings (SSSR count). The molecule has 0 bridgehead atoms. The summed E-state index contributed by atoms with van der Waals surface area (Å²) in [5.74, 6) is -1.13. The number of hydrogen-bond donors (Lipinski definition) is 2. The van der Waals surface area contributed by atoms with Gasteiger partial charge in [-0.15, -0.1) is 0 Å². The molecule has 3 aliphatic rings. The van der Waals surface area contributed by atoms with Crippen LogP contribution in [0.25, 0.3) is 22.3 Å². The zero-order chi connectivity index (χ0) is 26.1. The molecule has 1 saturated heterocycles. The molecule has 194 valence electrons. The van der Waals surface area contributed by atoms with E-state index in [1.807, 2.05) is 6.07 Å². The molecule has 0 radical (unpaired) electrons. The fraction of sp³-hybridized carbons (Fsp3) is 0.464. The second kappa shape index (κ2) is 8.72. The number of nitrogens with zero attached hydrogens (tertiary/aromatic N) is 3. The Bertz CT molecular complexity index is 1520. The first-order valence-corrected chi connectivity index (χ1v) is 12.9. The molecule has 0 amide bonds. The molecule has 0 spiro atoms. The summed E-state index contributed by atoms with van der Waals surface area (Å²) in [5, 5.41) is 22.0. The van der Waals surface area contributed by atoms with Gasteiger partial charge in [0.05, 0.1) is 35.6 Å². The number of pyridine rings is 2. The Hall–Kier alpha value is -3.14. The molecule has 1 aromatic carbocycles.